The summed E-state index contributed by atoms with van der Waals surface area (Å²) in [5.41, 5.74) is 11.9. The SMILES string of the molecule is CC(C)(C)c1ccc(C(N)=O)cn1.NC(=O)c1cccnc1. The average Bonchev–Trinajstić information content (AvgIpc) is 2.48. The molecule has 2 heterocycles. The van der Waals surface area contributed by atoms with Crippen molar-refractivity contribution in [1.29, 1.82) is 0 Å². The molecule has 0 saturated heterocycles. The number of nitrogens with two attached hydrogens (primary N) is 2. The van der Waals surface area contributed by atoms with Crippen molar-refractivity contribution in [3.05, 3.63) is 59.7 Å². The monoisotopic (exact) mass is 300 g/mol. The van der Waals surface area contributed by atoms with Gasteiger partial charge < -0.3 is 11.5 Å². The number of hydrogen-bond acceptors (Lipinski definition) is 4. The van der Waals surface area contributed by atoms with Crippen LogP contribution >= 0.6 is 0 Å². The molecule has 0 aliphatic carbocycles. The van der Waals surface area contributed by atoms with Crippen LogP contribution in [0.25, 0.3) is 0 Å². The zero-order chi connectivity index (χ0) is 16.8. The summed E-state index contributed by atoms with van der Waals surface area (Å²) in [6.45, 7) is 6.21. The minimum atomic E-state index is -0.442. The number of amides is 2. The summed E-state index contributed by atoms with van der Waals surface area (Å²) < 4.78 is 0. The Bertz CT molecular complexity index is 631. The van der Waals surface area contributed by atoms with Gasteiger partial charge in [0.15, 0.2) is 0 Å². The van der Waals surface area contributed by atoms with Crippen molar-refractivity contribution in [3.63, 3.8) is 0 Å². The summed E-state index contributed by atoms with van der Waals surface area (Å²) in [5, 5.41) is 0. The van der Waals surface area contributed by atoms with Gasteiger partial charge in [0.1, 0.15) is 0 Å². The Kier molecular flexibility index (Phi) is 5.74. The quantitative estimate of drug-likeness (QED) is 0.878. The number of nitrogens with zero attached hydrogens (tertiary/aromatic N) is 2. The molecule has 0 atom stereocenters. The van der Waals surface area contributed by atoms with Crippen LogP contribution in [-0.4, -0.2) is 21.8 Å². The molecule has 6 heteroatoms. The molecule has 22 heavy (non-hydrogen) atoms. The first-order valence-electron chi connectivity index (χ1n) is 6.68. The molecule has 0 radical (unpaired) electrons. The van der Waals surface area contributed by atoms with Crippen LogP contribution in [0.15, 0.2) is 42.9 Å². The number of hydrogen-bond donors (Lipinski definition) is 2. The van der Waals surface area contributed by atoms with Gasteiger partial charge in [0, 0.05) is 29.7 Å². The van der Waals surface area contributed by atoms with Gasteiger partial charge in [-0.3, -0.25) is 19.6 Å². The molecule has 2 aromatic heterocycles. The lowest BCUT2D eigenvalue weighted by Crippen LogP contribution is -2.16. The maximum absolute atomic E-state index is 10.7. The first-order valence-corrected chi connectivity index (χ1v) is 6.68. The Hall–Kier alpha value is -2.76. The summed E-state index contributed by atoms with van der Waals surface area (Å²) >= 11 is 0. The van der Waals surface area contributed by atoms with E-state index in [1.165, 1.54) is 12.4 Å². The fourth-order valence-electron chi connectivity index (χ4n) is 1.49. The van der Waals surface area contributed by atoms with E-state index < -0.39 is 11.8 Å². The number of pyridine rings is 2. The van der Waals surface area contributed by atoms with Gasteiger partial charge in [-0.15, -0.1) is 0 Å². The largest absolute Gasteiger partial charge is 0.366 e. The zero-order valence-electron chi connectivity index (χ0n) is 12.9. The minimum Gasteiger partial charge on any atom is -0.366 e. The second-order valence-electron chi connectivity index (χ2n) is 5.65. The van der Waals surface area contributed by atoms with E-state index in [1.54, 1.807) is 24.4 Å². The second-order valence-corrected chi connectivity index (χ2v) is 5.65. The van der Waals surface area contributed by atoms with Gasteiger partial charge in [-0.25, -0.2) is 0 Å². The average molecular weight is 300 g/mol. The topological polar surface area (TPSA) is 112 Å². The van der Waals surface area contributed by atoms with Crippen LogP contribution in [0.2, 0.25) is 0 Å². The Morgan fingerprint density at radius 2 is 1.55 bits per heavy atom. The van der Waals surface area contributed by atoms with Gasteiger partial charge in [-0.1, -0.05) is 20.8 Å². The number of aromatic nitrogens is 2. The molecule has 2 aromatic rings. The highest BCUT2D eigenvalue weighted by Crippen LogP contribution is 2.19. The van der Waals surface area contributed by atoms with Crippen LogP contribution in [0.4, 0.5) is 0 Å². The number of carbonyl (C=O) groups is 2. The molecule has 0 aliphatic rings. The van der Waals surface area contributed by atoms with E-state index >= 15 is 0 Å². The van der Waals surface area contributed by atoms with Crippen molar-refractivity contribution < 1.29 is 9.59 Å². The number of carbonyl (C=O) groups excluding carboxylic acids is 2. The van der Waals surface area contributed by atoms with E-state index in [0.29, 0.717) is 11.1 Å². The lowest BCUT2D eigenvalue weighted by Gasteiger charge is -2.17. The molecule has 4 N–H and O–H groups in total. The van der Waals surface area contributed by atoms with Crippen LogP contribution in [0.1, 0.15) is 47.2 Å². The highest BCUT2D eigenvalue weighted by molar-refractivity contribution is 5.92. The molecule has 0 saturated carbocycles. The lowest BCUT2D eigenvalue weighted by molar-refractivity contribution is 0.0991. The third kappa shape index (κ3) is 5.32. The van der Waals surface area contributed by atoms with Crippen molar-refractivity contribution in [2.75, 3.05) is 0 Å². The van der Waals surface area contributed by atoms with Gasteiger partial charge in [0.05, 0.1) is 11.1 Å². The fraction of sp³-hybridized carbons (Fsp3) is 0.250. The molecule has 0 bridgehead atoms. The molecule has 0 fully saturated rings. The predicted molar refractivity (Wildman–Crippen MR) is 84.2 cm³/mol. The third-order valence-electron chi connectivity index (χ3n) is 2.76. The van der Waals surface area contributed by atoms with Crippen LogP contribution in [0.5, 0.6) is 0 Å². The van der Waals surface area contributed by atoms with E-state index in [4.69, 9.17) is 11.5 Å². The van der Waals surface area contributed by atoms with E-state index in [0.717, 1.165) is 5.69 Å². The van der Waals surface area contributed by atoms with Crippen LogP contribution in [-0.2, 0) is 5.41 Å². The first-order chi connectivity index (χ1) is 10.2. The normalized spacial score (nSPS) is 10.3. The first kappa shape index (κ1) is 17.3. The standard InChI is InChI=1S/C10H14N2O.C6H6N2O/c1-10(2,3)8-5-4-7(6-12-8)9(11)13;7-6(9)5-2-1-3-8-4-5/h4-6H,1-3H3,(H2,11,13);1-4H,(H2,7,9). The molecular formula is C16H20N4O2. The van der Waals surface area contributed by atoms with Crippen LogP contribution in [0.3, 0.4) is 0 Å². The lowest BCUT2D eigenvalue weighted by atomic mass is 9.91. The molecule has 116 valence electrons. The summed E-state index contributed by atoms with van der Waals surface area (Å²) in [5.74, 6) is -0.879. The van der Waals surface area contributed by atoms with Crippen LogP contribution in [0, 0.1) is 0 Å². The van der Waals surface area contributed by atoms with Gasteiger partial charge in [-0.2, -0.15) is 0 Å². The molecule has 0 spiro atoms. The van der Waals surface area contributed by atoms with E-state index in [1.807, 2.05) is 6.07 Å². The summed E-state index contributed by atoms with van der Waals surface area (Å²) in [7, 11) is 0. The van der Waals surface area contributed by atoms with Gasteiger partial charge in [0.2, 0.25) is 11.8 Å². The Morgan fingerprint density at radius 3 is 1.86 bits per heavy atom. The van der Waals surface area contributed by atoms with Crippen LogP contribution < -0.4 is 11.5 Å². The Labute approximate surface area is 129 Å². The highest BCUT2D eigenvalue weighted by Gasteiger charge is 2.15. The van der Waals surface area contributed by atoms with Crippen molar-refractivity contribution in [3.8, 4) is 0 Å². The maximum atomic E-state index is 10.7. The second kappa shape index (κ2) is 7.31. The van der Waals surface area contributed by atoms with Crippen molar-refractivity contribution in [2.45, 2.75) is 26.2 Å². The molecule has 2 rings (SSSR count). The smallest absolute Gasteiger partial charge is 0.250 e. The van der Waals surface area contributed by atoms with Gasteiger partial charge >= 0.3 is 0 Å². The maximum Gasteiger partial charge on any atom is 0.250 e. The van der Waals surface area contributed by atoms with Crippen molar-refractivity contribution in [2.24, 2.45) is 11.5 Å². The highest BCUT2D eigenvalue weighted by atomic mass is 16.1. The van der Waals surface area contributed by atoms with E-state index in [-0.39, 0.29) is 5.41 Å². The fourth-order valence-corrected chi connectivity index (χ4v) is 1.49. The Morgan fingerprint density at radius 1 is 0.955 bits per heavy atom. The number of rotatable bonds is 2. The minimum absolute atomic E-state index is 0.0101. The molecular weight excluding hydrogens is 280 g/mol. The summed E-state index contributed by atoms with van der Waals surface area (Å²) in [4.78, 5) is 29.0. The third-order valence-corrected chi connectivity index (χ3v) is 2.76. The molecule has 2 amide bonds. The van der Waals surface area contributed by atoms with Gasteiger partial charge in [-0.05, 0) is 24.3 Å². The molecule has 0 aromatic carbocycles. The zero-order valence-corrected chi connectivity index (χ0v) is 12.9. The Balaban J connectivity index is 0.000000235. The molecule has 6 nitrogen and oxygen atoms in total. The van der Waals surface area contributed by atoms with Crippen molar-refractivity contribution in [1.82, 2.24) is 9.97 Å². The molecule has 0 unspecified atom stereocenters. The van der Waals surface area contributed by atoms with Gasteiger partial charge in [0.25, 0.3) is 0 Å². The summed E-state index contributed by atoms with van der Waals surface area (Å²) in [6.07, 6.45) is 4.54. The number of primary amides is 2. The van der Waals surface area contributed by atoms with E-state index in [9.17, 15) is 9.59 Å². The summed E-state index contributed by atoms with van der Waals surface area (Å²) in [6, 6.07) is 6.82. The molecule has 0 aliphatic heterocycles. The van der Waals surface area contributed by atoms with E-state index in [2.05, 4.69) is 30.7 Å². The predicted octanol–water partition coefficient (Wildman–Crippen LogP) is 1.66. The van der Waals surface area contributed by atoms with Crippen molar-refractivity contribution >= 4 is 11.8 Å².